The van der Waals surface area contributed by atoms with Crippen molar-refractivity contribution in [3.8, 4) is 0 Å². The number of aromatic amines is 1. The summed E-state index contributed by atoms with van der Waals surface area (Å²) in [7, 11) is 0. The fourth-order valence-corrected chi connectivity index (χ4v) is 2.61. The Bertz CT molecular complexity index is 628. The summed E-state index contributed by atoms with van der Waals surface area (Å²) >= 11 is 2.32. The number of nitrogens with one attached hydrogen (secondary N) is 1. The second kappa shape index (κ2) is 5.89. The van der Waals surface area contributed by atoms with E-state index < -0.39 is 11.8 Å². The minimum absolute atomic E-state index is 0.0829. The average Bonchev–Trinajstić information content (AvgIpc) is 2.81. The van der Waals surface area contributed by atoms with Crippen LogP contribution in [0.25, 0.3) is 11.0 Å². The van der Waals surface area contributed by atoms with E-state index in [0.717, 1.165) is 11.8 Å². The van der Waals surface area contributed by atoms with E-state index in [4.69, 9.17) is 11.5 Å². The van der Waals surface area contributed by atoms with Crippen LogP contribution in [0.5, 0.6) is 0 Å². The van der Waals surface area contributed by atoms with Crippen molar-refractivity contribution in [2.75, 3.05) is 11.5 Å². The van der Waals surface area contributed by atoms with Gasteiger partial charge >= 0.3 is 0 Å². The molecule has 0 spiro atoms. The number of nitrogens with two attached hydrogens (primary N) is 2. The Hall–Kier alpha value is -1.81. The normalized spacial score (nSPS) is 10.7. The van der Waals surface area contributed by atoms with Crippen LogP contribution < -0.4 is 11.5 Å². The van der Waals surface area contributed by atoms with E-state index >= 15 is 0 Å². The number of nitrogens with zero attached hydrogens (tertiary/aromatic N) is 3. The maximum absolute atomic E-state index is 10.8. The average molecular weight is 298 g/mol. The smallest absolute Gasteiger partial charge is 0.227 e. The fraction of sp³-hybridized carbons (Fsp3) is 0.222. The first-order valence-electron chi connectivity index (χ1n) is 5.09. The van der Waals surface area contributed by atoms with Crippen LogP contribution in [0.3, 0.4) is 0 Å². The zero-order valence-corrected chi connectivity index (χ0v) is 11.3. The zero-order valence-electron chi connectivity index (χ0n) is 9.62. The first kappa shape index (κ1) is 13.6. The molecule has 0 fully saturated rings. The Kier molecular flexibility index (Phi) is 4.22. The second-order valence-electron chi connectivity index (χ2n) is 3.45. The van der Waals surface area contributed by atoms with Gasteiger partial charge in [0.15, 0.2) is 10.8 Å². The number of rotatable bonds is 6. The molecule has 0 unspecified atom stereocenters. The third-order valence-corrected chi connectivity index (χ3v) is 3.83. The number of fused-ring (bicyclic) bond motifs is 1. The Balaban J connectivity index is 2.28. The summed E-state index contributed by atoms with van der Waals surface area (Å²) < 4.78 is 0. The summed E-state index contributed by atoms with van der Waals surface area (Å²) in [6.07, 6.45) is 1.57. The van der Waals surface area contributed by atoms with E-state index in [-0.39, 0.29) is 11.5 Å². The van der Waals surface area contributed by atoms with E-state index in [1.807, 2.05) is 0 Å². The largest absolute Gasteiger partial charge is 0.369 e. The highest BCUT2D eigenvalue weighted by Gasteiger charge is 2.12. The second-order valence-corrected chi connectivity index (χ2v) is 5.36. The van der Waals surface area contributed by atoms with Gasteiger partial charge < -0.3 is 11.5 Å². The van der Waals surface area contributed by atoms with Crippen molar-refractivity contribution < 1.29 is 9.59 Å². The lowest BCUT2D eigenvalue weighted by atomic mass is 10.4. The van der Waals surface area contributed by atoms with Gasteiger partial charge in [-0.3, -0.25) is 14.7 Å². The lowest BCUT2D eigenvalue weighted by Gasteiger charge is -2.03. The molecule has 0 aromatic carbocycles. The van der Waals surface area contributed by atoms with Gasteiger partial charge in [-0.15, -0.1) is 0 Å². The molecule has 0 saturated heterocycles. The van der Waals surface area contributed by atoms with E-state index in [9.17, 15) is 9.59 Å². The molecule has 2 amide bonds. The van der Waals surface area contributed by atoms with Crippen LogP contribution in [0.1, 0.15) is 0 Å². The van der Waals surface area contributed by atoms with Crippen LogP contribution >= 0.6 is 23.5 Å². The van der Waals surface area contributed by atoms with Gasteiger partial charge in [0.25, 0.3) is 0 Å². The molecule has 2 heterocycles. The molecule has 0 saturated carbocycles. The van der Waals surface area contributed by atoms with Gasteiger partial charge in [0.1, 0.15) is 5.03 Å². The van der Waals surface area contributed by atoms with Gasteiger partial charge in [-0.25, -0.2) is 9.97 Å². The summed E-state index contributed by atoms with van der Waals surface area (Å²) in [5.74, 6) is -0.701. The fourth-order valence-electron chi connectivity index (χ4n) is 1.24. The number of thioether (sulfide) groups is 2. The topological polar surface area (TPSA) is 141 Å². The summed E-state index contributed by atoms with van der Waals surface area (Å²) in [4.78, 5) is 30.0. The van der Waals surface area contributed by atoms with Gasteiger partial charge in [0, 0.05) is 0 Å². The molecule has 10 heteroatoms. The summed E-state index contributed by atoms with van der Waals surface area (Å²) in [5, 5.41) is 8.27. The number of carbonyl (C=O) groups is 2. The van der Waals surface area contributed by atoms with Crippen molar-refractivity contribution in [1.82, 2.24) is 20.2 Å². The third-order valence-electron chi connectivity index (χ3n) is 1.95. The molecule has 0 aliphatic rings. The predicted octanol–water partition coefficient (Wildman–Crippen LogP) is -0.492. The molecule has 8 nitrogen and oxygen atoms in total. The van der Waals surface area contributed by atoms with Gasteiger partial charge in [-0.05, 0) is 0 Å². The van der Waals surface area contributed by atoms with Crippen molar-refractivity contribution in [3.05, 3.63) is 6.20 Å². The highest BCUT2D eigenvalue weighted by Crippen LogP contribution is 2.26. The first-order valence-corrected chi connectivity index (χ1v) is 7.06. The van der Waals surface area contributed by atoms with E-state index in [2.05, 4.69) is 20.2 Å². The number of carbonyl (C=O) groups excluding carboxylic acids is 2. The van der Waals surface area contributed by atoms with E-state index in [1.54, 1.807) is 6.20 Å². The molecular weight excluding hydrogens is 288 g/mol. The van der Waals surface area contributed by atoms with Crippen molar-refractivity contribution in [1.29, 1.82) is 0 Å². The van der Waals surface area contributed by atoms with Crippen LogP contribution in [0.15, 0.2) is 16.4 Å². The van der Waals surface area contributed by atoms with Gasteiger partial charge in [-0.1, -0.05) is 23.5 Å². The standard InChI is InChI=1S/C9H10N6O2S2/c10-5(16)2-18-8-4-1-12-15-7(4)13-9(14-8)19-3-6(11)17/h1H,2-3H2,(H2,10,16)(H2,11,17)(H,12,13,14,15). The van der Waals surface area contributed by atoms with Gasteiger partial charge in [0.05, 0.1) is 23.1 Å². The molecular formula is C9H10N6O2S2. The molecule has 0 radical (unpaired) electrons. The molecule has 19 heavy (non-hydrogen) atoms. The number of aromatic nitrogens is 4. The van der Waals surface area contributed by atoms with Crippen molar-refractivity contribution in [2.45, 2.75) is 10.2 Å². The summed E-state index contributed by atoms with van der Waals surface area (Å²) in [6.45, 7) is 0. The van der Waals surface area contributed by atoms with Crippen molar-refractivity contribution >= 4 is 46.4 Å². The quantitative estimate of drug-likeness (QED) is 0.371. The first-order chi connectivity index (χ1) is 9.06. The third kappa shape index (κ3) is 3.58. The molecule has 5 N–H and O–H groups in total. The van der Waals surface area contributed by atoms with Crippen LogP contribution in [-0.2, 0) is 9.59 Å². The summed E-state index contributed by atoms with van der Waals surface area (Å²) in [6, 6.07) is 0. The Labute approximate surface area is 116 Å². The molecule has 2 rings (SSSR count). The number of hydrogen-bond acceptors (Lipinski definition) is 7. The van der Waals surface area contributed by atoms with Crippen molar-refractivity contribution in [3.63, 3.8) is 0 Å². The van der Waals surface area contributed by atoms with Crippen LogP contribution in [0, 0.1) is 0 Å². The molecule has 2 aromatic rings. The number of hydrogen-bond donors (Lipinski definition) is 3. The monoisotopic (exact) mass is 298 g/mol. The van der Waals surface area contributed by atoms with E-state index in [1.165, 1.54) is 11.8 Å². The minimum Gasteiger partial charge on any atom is -0.369 e. The lowest BCUT2D eigenvalue weighted by Crippen LogP contribution is -2.14. The predicted molar refractivity (Wildman–Crippen MR) is 71.5 cm³/mol. The molecule has 0 aliphatic carbocycles. The van der Waals surface area contributed by atoms with Crippen LogP contribution in [-0.4, -0.2) is 43.5 Å². The maximum Gasteiger partial charge on any atom is 0.227 e. The maximum atomic E-state index is 10.8. The number of amides is 2. The summed E-state index contributed by atoms with van der Waals surface area (Å²) in [5.41, 5.74) is 10.7. The molecule has 100 valence electrons. The Morgan fingerprint density at radius 3 is 2.53 bits per heavy atom. The molecule has 0 atom stereocenters. The molecule has 2 aromatic heterocycles. The van der Waals surface area contributed by atoms with Crippen LogP contribution in [0.4, 0.5) is 0 Å². The number of H-pyrrole nitrogens is 1. The van der Waals surface area contributed by atoms with Gasteiger partial charge in [0.2, 0.25) is 11.8 Å². The van der Waals surface area contributed by atoms with Crippen molar-refractivity contribution in [2.24, 2.45) is 11.5 Å². The van der Waals surface area contributed by atoms with Gasteiger partial charge in [-0.2, -0.15) is 5.10 Å². The SMILES string of the molecule is NC(=O)CSc1nc(SCC(N)=O)c2cn[nH]c2n1. The van der Waals surface area contributed by atoms with E-state index in [0.29, 0.717) is 21.2 Å². The zero-order chi connectivity index (χ0) is 13.8. The highest BCUT2D eigenvalue weighted by molar-refractivity contribution is 8.00. The lowest BCUT2D eigenvalue weighted by molar-refractivity contribution is -0.116. The highest BCUT2D eigenvalue weighted by atomic mass is 32.2. The molecule has 0 aliphatic heterocycles. The Morgan fingerprint density at radius 1 is 1.16 bits per heavy atom. The minimum atomic E-state index is -0.454. The molecule has 0 bridgehead atoms. The van der Waals surface area contributed by atoms with Crippen LogP contribution in [0.2, 0.25) is 0 Å². The number of primary amides is 2. The Morgan fingerprint density at radius 2 is 1.84 bits per heavy atom.